The van der Waals surface area contributed by atoms with Gasteiger partial charge in [-0.3, -0.25) is 0 Å². The molecule has 68 valence electrons. The Morgan fingerprint density at radius 2 is 2.25 bits per heavy atom. The van der Waals surface area contributed by atoms with E-state index in [1.807, 2.05) is 6.08 Å². The molecular weight excluding hydrogens is 148 g/mol. The van der Waals surface area contributed by atoms with Crippen molar-refractivity contribution in [1.82, 2.24) is 0 Å². The monoisotopic (exact) mass is 166 g/mol. The smallest absolute Gasteiger partial charge is 0.107 e. The predicted molar refractivity (Wildman–Crippen MR) is 52.9 cm³/mol. The van der Waals surface area contributed by atoms with Gasteiger partial charge in [-0.15, -0.1) is 12.5 Å². The van der Waals surface area contributed by atoms with Crippen LogP contribution in [0.5, 0.6) is 0 Å². The van der Waals surface area contributed by atoms with Crippen LogP contribution in [0.25, 0.3) is 0 Å². The number of hydrogen-bond acceptors (Lipinski definition) is 1. The minimum Gasteiger partial charge on any atom is -0.369 e. The van der Waals surface area contributed by atoms with E-state index >= 15 is 0 Å². The number of rotatable bonds is 6. The van der Waals surface area contributed by atoms with Gasteiger partial charge >= 0.3 is 0 Å². The molecule has 0 rings (SSSR count). The summed E-state index contributed by atoms with van der Waals surface area (Å²) >= 11 is 0. The Labute approximate surface area is 75.8 Å². The van der Waals surface area contributed by atoms with Crippen molar-refractivity contribution in [3.05, 3.63) is 12.7 Å². The lowest BCUT2D eigenvalue weighted by atomic mass is 10.3. The lowest BCUT2D eigenvalue weighted by Gasteiger charge is -1.95. The minimum atomic E-state index is 0.580. The van der Waals surface area contributed by atoms with E-state index in [-0.39, 0.29) is 0 Å². The Bertz CT molecular complexity index is 150. The van der Waals surface area contributed by atoms with E-state index in [0.29, 0.717) is 6.61 Å². The summed E-state index contributed by atoms with van der Waals surface area (Å²) < 4.78 is 5.26. The molecule has 0 aliphatic rings. The SMILES string of the molecule is C=CCCCOCC#CCCC. The number of allylic oxidation sites excluding steroid dienone is 1. The average molecular weight is 166 g/mol. The zero-order valence-electron chi connectivity index (χ0n) is 7.94. The summed E-state index contributed by atoms with van der Waals surface area (Å²) in [5.74, 6) is 6.00. The molecule has 0 spiro atoms. The molecule has 0 fully saturated rings. The maximum absolute atomic E-state index is 5.26. The molecule has 0 bridgehead atoms. The van der Waals surface area contributed by atoms with E-state index in [9.17, 15) is 0 Å². The summed E-state index contributed by atoms with van der Waals surface area (Å²) in [5, 5.41) is 0. The van der Waals surface area contributed by atoms with Gasteiger partial charge in [0.05, 0.1) is 0 Å². The predicted octanol–water partition coefficient (Wildman–Crippen LogP) is 2.77. The molecule has 0 unspecified atom stereocenters. The van der Waals surface area contributed by atoms with Crippen molar-refractivity contribution >= 4 is 0 Å². The largest absolute Gasteiger partial charge is 0.369 e. The van der Waals surface area contributed by atoms with Crippen molar-refractivity contribution in [3.63, 3.8) is 0 Å². The normalized spacial score (nSPS) is 8.75. The molecule has 0 N–H and O–H groups in total. The van der Waals surface area contributed by atoms with Gasteiger partial charge in [0.15, 0.2) is 0 Å². The van der Waals surface area contributed by atoms with Crippen LogP contribution >= 0.6 is 0 Å². The van der Waals surface area contributed by atoms with Crippen LogP contribution in [0.4, 0.5) is 0 Å². The van der Waals surface area contributed by atoms with E-state index in [0.717, 1.165) is 32.3 Å². The van der Waals surface area contributed by atoms with Crippen LogP contribution in [0, 0.1) is 11.8 Å². The van der Waals surface area contributed by atoms with Crippen molar-refractivity contribution in [1.29, 1.82) is 0 Å². The Kier molecular flexibility index (Phi) is 9.63. The first kappa shape index (κ1) is 11.3. The molecule has 0 saturated carbocycles. The molecule has 0 aliphatic heterocycles. The zero-order chi connectivity index (χ0) is 9.07. The van der Waals surface area contributed by atoms with Crippen LogP contribution in [0.3, 0.4) is 0 Å². The third kappa shape index (κ3) is 9.26. The van der Waals surface area contributed by atoms with Crippen LogP contribution in [0.15, 0.2) is 12.7 Å². The molecule has 1 nitrogen and oxygen atoms in total. The fourth-order valence-electron chi connectivity index (χ4n) is 0.717. The Hall–Kier alpha value is -0.740. The molecule has 0 aliphatic carbocycles. The summed E-state index contributed by atoms with van der Waals surface area (Å²) in [4.78, 5) is 0. The summed E-state index contributed by atoms with van der Waals surface area (Å²) in [6.45, 7) is 7.14. The molecule has 0 saturated heterocycles. The standard InChI is InChI=1S/C11H18O/c1-3-5-7-9-11-12-10-8-6-4-2/h4H,2-3,5-6,8,10-11H2,1H3. The van der Waals surface area contributed by atoms with Crippen molar-refractivity contribution < 1.29 is 4.74 Å². The molecule has 0 atom stereocenters. The maximum Gasteiger partial charge on any atom is 0.107 e. The summed E-state index contributed by atoms with van der Waals surface area (Å²) in [6, 6.07) is 0. The number of unbranched alkanes of at least 4 members (excludes halogenated alkanes) is 2. The fraction of sp³-hybridized carbons (Fsp3) is 0.636. The molecule has 12 heavy (non-hydrogen) atoms. The maximum atomic E-state index is 5.26. The minimum absolute atomic E-state index is 0.580. The highest BCUT2D eigenvalue weighted by atomic mass is 16.5. The first-order chi connectivity index (χ1) is 5.91. The van der Waals surface area contributed by atoms with Crippen molar-refractivity contribution in [2.45, 2.75) is 32.6 Å². The lowest BCUT2D eigenvalue weighted by molar-refractivity contribution is 0.165. The Morgan fingerprint density at radius 1 is 1.42 bits per heavy atom. The van der Waals surface area contributed by atoms with Crippen LogP contribution < -0.4 is 0 Å². The topological polar surface area (TPSA) is 9.23 Å². The Balaban J connectivity index is 3.00. The van der Waals surface area contributed by atoms with E-state index in [2.05, 4.69) is 25.3 Å². The van der Waals surface area contributed by atoms with Crippen molar-refractivity contribution in [2.75, 3.05) is 13.2 Å². The second-order valence-corrected chi connectivity index (χ2v) is 2.59. The first-order valence-electron chi connectivity index (χ1n) is 4.56. The second-order valence-electron chi connectivity index (χ2n) is 2.59. The van der Waals surface area contributed by atoms with Gasteiger partial charge in [-0.25, -0.2) is 0 Å². The third-order valence-electron chi connectivity index (χ3n) is 1.37. The number of hydrogen-bond donors (Lipinski definition) is 0. The summed E-state index contributed by atoms with van der Waals surface area (Å²) in [7, 11) is 0. The van der Waals surface area contributed by atoms with Crippen LogP contribution in [-0.2, 0) is 4.74 Å². The molecule has 0 amide bonds. The average Bonchev–Trinajstić information content (AvgIpc) is 2.10. The van der Waals surface area contributed by atoms with Gasteiger partial charge in [0.2, 0.25) is 0 Å². The van der Waals surface area contributed by atoms with Gasteiger partial charge in [-0.1, -0.05) is 18.9 Å². The highest BCUT2D eigenvalue weighted by Crippen LogP contribution is 1.89. The molecule has 0 radical (unpaired) electrons. The molecular formula is C11H18O. The second kappa shape index (κ2) is 10.3. The highest BCUT2D eigenvalue weighted by Gasteiger charge is 1.82. The third-order valence-corrected chi connectivity index (χ3v) is 1.37. The van der Waals surface area contributed by atoms with E-state index < -0.39 is 0 Å². The lowest BCUT2D eigenvalue weighted by Crippen LogP contribution is -1.93. The summed E-state index contributed by atoms with van der Waals surface area (Å²) in [6.07, 6.45) is 6.10. The highest BCUT2D eigenvalue weighted by molar-refractivity contribution is 4.98. The van der Waals surface area contributed by atoms with Crippen LogP contribution in [-0.4, -0.2) is 13.2 Å². The van der Waals surface area contributed by atoms with Gasteiger partial charge in [-0.2, -0.15) is 0 Å². The van der Waals surface area contributed by atoms with Gasteiger partial charge in [0.1, 0.15) is 6.61 Å². The number of ether oxygens (including phenoxy) is 1. The molecule has 0 heterocycles. The van der Waals surface area contributed by atoms with Gasteiger partial charge in [-0.05, 0) is 19.3 Å². The van der Waals surface area contributed by atoms with Crippen LogP contribution in [0.1, 0.15) is 32.6 Å². The van der Waals surface area contributed by atoms with Crippen molar-refractivity contribution in [2.24, 2.45) is 0 Å². The van der Waals surface area contributed by atoms with Gasteiger partial charge < -0.3 is 4.74 Å². The first-order valence-corrected chi connectivity index (χ1v) is 4.56. The van der Waals surface area contributed by atoms with Crippen molar-refractivity contribution in [3.8, 4) is 11.8 Å². The molecule has 0 aromatic carbocycles. The van der Waals surface area contributed by atoms with Crippen LogP contribution in [0.2, 0.25) is 0 Å². The fourth-order valence-corrected chi connectivity index (χ4v) is 0.717. The van der Waals surface area contributed by atoms with Gasteiger partial charge in [0, 0.05) is 13.0 Å². The van der Waals surface area contributed by atoms with E-state index in [1.54, 1.807) is 0 Å². The summed E-state index contributed by atoms with van der Waals surface area (Å²) in [5.41, 5.74) is 0. The molecule has 1 heteroatoms. The van der Waals surface area contributed by atoms with Gasteiger partial charge in [0.25, 0.3) is 0 Å². The Morgan fingerprint density at radius 3 is 2.92 bits per heavy atom. The zero-order valence-corrected chi connectivity index (χ0v) is 7.94. The quantitative estimate of drug-likeness (QED) is 0.335. The van der Waals surface area contributed by atoms with E-state index in [1.165, 1.54) is 0 Å². The van der Waals surface area contributed by atoms with E-state index in [4.69, 9.17) is 4.74 Å². The molecule has 0 aromatic heterocycles. The molecule has 0 aromatic rings.